The van der Waals surface area contributed by atoms with Crippen molar-refractivity contribution in [1.29, 1.82) is 0 Å². The van der Waals surface area contributed by atoms with Gasteiger partial charge in [0.2, 0.25) is 0 Å². The number of hydrogen-bond donors (Lipinski definition) is 1. The Bertz CT molecular complexity index is 1180. The number of likely N-dealkylation sites (tertiary alicyclic amines) is 1. The molecule has 0 spiro atoms. The molecule has 0 aromatic heterocycles. The van der Waals surface area contributed by atoms with Crippen LogP contribution in [0.5, 0.6) is 11.5 Å². The highest BCUT2D eigenvalue weighted by Gasteiger charge is 2.46. The second-order valence-electron chi connectivity index (χ2n) is 9.50. The van der Waals surface area contributed by atoms with Crippen LogP contribution in [-0.4, -0.2) is 65.5 Å². The van der Waals surface area contributed by atoms with Gasteiger partial charge in [0.25, 0.3) is 11.7 Å². The van der Waals surface area contributed by atoms with E-state index in [9.17, 15) is 14.7 Å². The van der Waals surface area contributed by atoms with E-state index in [1.165, 1.54) is 0 Å². The van der Waals surface area contributed by atoms with Crippen LogP contribution in [0.15, 0.2) is 60.7 Å². The number of fused-ring (bicyclic) bond motifs is 1. The number of aliphatic hydroxyl groups excluding tert-OH is 1. The molecular formula is C30H36N2O5. The van der Waals surface area contributed by atoms with Gasteiger partial charge in [0, 0.05) is 18.5 Å². The summed E-state index contributed by atoms with van der Waals surface area (Å²) in [5.74, 6) is 0.0324. The van der Waals surface area contributed by atoms with E-state index in [0.717, 1.165) is 49.4 Å². The number of rotatable bonds is 11. The molecule has 4 rings (SSSR count). The van der Waals surface area contributed by atoms with E-state index in [1.54, 1.807) is 17.0 Å². The van der Waals surface area contributed by atoms with Gasteiger partial charge in [-0.3, -0.25) is 9.59 Å². The quantitative estimate of drug-likeness (QED) is 0.206. The maximum atomic E-state index is 13.3. The number of ketones is 1. The Morgan fingerprint density at radius 2 is 1.92 bits per heavy atom. The van der Waals surface area contributed by atoms with Crippen LogP contribution >= 0.6 is 0 Å². The summed E-state index contributed by atoms with van der Waals surface area (Å²) in [6, 6.07) is 12.0. The average molecular weight is 505 g/mol. The number of carbonyl (C=O) groups excluding carboxylic acids is 2. The van der Waals surface area contributed by atoms with Crippen molar-refractivity contribution >= 4 is 17.4 Å². The lowest BCUT2D eigenvalue weighted by Crippen LogP contribution is -2.33. The zero-order chi connectivity index (χ0) is 26.5. The topological polar surface area (TPSA) is 79.3 Å². The van der Waals surface area contributed by atoms with Crippen molar-refractivity contribution in [3.05, 3.63) is 77.4 Å². The molecule has 1 N–H and O–H groups in total. The summed E-state index contributed by atoms with van der Waals surface area (Å²) in [5, 5.41) is 11.4. The minimum Gasteiger partial charge on any atom is -0.507 e. The average Bonchev–Trinajstić information content (AvgIpc) is 3.40. The number of amides is 1. The van der Waals surface area contributed by atoms with Gasteiger partial charge in [-0.25, -0.2) is 0 Å². The summed E-state index contributed by atoms with van der Waals surface area (Å²) < 4.78 is 11.4. The molecule has 2 aliphatic heterocycles. The van der Waals surface area contributed by atoms with E-state index in [-0.39, 0.29) is 17.4 Å². The number of ether oxygens (including phenoxy) is 2. The highest BCUT2D eigenvalue weighted by molar-refractivity contribution is 6.46. The van der Waals surface area contributed by atoms with E-state index in [0.29, 0.717) is 24.5 Å². The minimum atomic E-state index is -0.686. The first-order chi connectivity index (χ1) is 17.9. The fourth-order valence-electron chi connectivity index (χ4n) is 5.09. The number of carbonyl (C=O) groups is 2. The molecule has 0 saturated carbocycles. The fraction of sp³-hybridized carbons (Fsp3) is 0.400. The van der Waals surface area contributed by atoms with Crippen molar-refractivity contribution in [3.8, 4) is 11.5 Å². The first-order valence-electron chi connectivity index (χ1n) is 13.0. The molecule has 196 valence electrons. The van der Waals surface area contributed by atoms with Gasteiger partial charge in [0.15, 0.2) is 0 Å². The van der Waals surface area contributed by atoms with Crippen molar-refractivity contribution in [3.63, 3.8) is 0 Å². The third-order valence-corrected chi connectivity index (χ3v) is 7.04. The van der Waals surface area contributed by atoms with Gasteiger partial charge in [0.1, 0.15) is 30.0 Å². The monoisotopic (exact) mass is 504 g/mol. The van der Waals surface area contributed by atoms with Gasteiger partial charge >= 0.3 is 0 Å². The third kappa shape index (κ3) is 5.57. The molecule has 0 radical (unpaired) electrons. The zero-order valence-electron chi connectivity index (χ0n) is 21.9. The van der Waals surface area contributed by atoms with Gasteiger partial charge < -0.3 is 24.4 Å². The molecule has 37 heavy (non-hydrogen) atoms. The van der Waals surface area contributed by atoms with Gasteiger partial charge in [-0.15, -0.1) is 0 Å². The molecule has 0 unspecified atom stereocenters. The van der Waals surface area contributed by atoms with E-state index < -0.39 is 17.7 Å². The molecule has 7 heteroatoms. The molecule has 7 nitrogen and oxygen atoms in total. The van der Waals surface area contributed by atoms with Crippen LogP contribution in [0.4, 0.5) is 0 Å². The first-order valence-corrected chi connectivity index (χ1v) is 13.0. The number of benzene rings is 2. The first kappa shape index (κ1) is 26.5. The standard InChI is InChI=1S/C30H36N2O5/c1-5-17-36-24-12-9-21(10-13-24)27-26(28(33)22-11-14-25-23(19-22)18-20(4)37-25)29(34)30(35)32(27)16-8-15-31(6-2)7-3/h5,9-14,19-20,27,33H,1,6-8,15-18H2,2-4H3/t20-,27+/m1/s1. The van der Waals surface area contributed by atoms with Gasteiger partial charge in [0.05, 0.1) is 11.6 Å². The summed E-state index contributed by atoms with van der Waals surface area (Å²) in [5.41, 5.74) is 2.34. The lowest BCUT2D eigenvalue weighted by Gasteiger charge is -2.27. The van der Waals surface area contributed by atoms with Crippen LogP contribution in [0.25, 0.3) is 5.76 Å². The molecule has 0 bridgehead atoms. The van der Waals surface area contributed by atoms with Crippen LogP contribution in [0, 0.1) is 0 Å². The van der Waals surface area contributed by atoms with Crippen molar-refractivity contribution in [2.45, 2.75) is 45.8 Å². The third-order valence-electron chi connectivity index (χ3n) is 7.04. The molecule has 1 amide bonds. The number of Topliss-reactive ketones (excluding diaryl/α,β-unsaturated/α-hetero) is 1. The van der Waals surface area contributed by atoms with Crippen molar-refractivity contribution in [2.24, 2.45) is 0 Å². The molecule has 0 aliphatic carbocycles. The summed E-state index contributed by atoms with van der Waals surface area (Å²) in [4.78, 5) is 30.5. The molecule has 2 aliphatic rings. The van der Waals surface area contributed by atoms with Gasteiger partial charge in [-0.2, -0.15) is 0 Å². The van der Waals surface area contributed by atoms with Gasteiger partial charge in [-0.1, -0.05) is 38.6 Å². The Kier molecular flexibility index (Phi) is 8.34. The highest BCUT2D eigenvalue weighted by Crippen LogP contribution is 2.41. The van der Waals surface area contributed by atoms with Crippen LogP contribution in [0.3, 0.4) is 0 Å². The highest BCUT2D eigenvalue weighted by atomic mass is 16.5. The lowest BCUT2D eigenvalue weighted by molar-refractivity contribution is -0.140. The molecule has 2 aromatic carbocycles. The predicted molar refractivity (Wildman–Crippen MR) is 144 cm³/mol. The Hall–Kier alpha value is -3.58. The smallest absolute Gasteiger partial charge is 0.295 e. The molecule has 2 atom stereocenters. The second kappa shape index (κ2) is 11.6. The summed E-state index contributed by atoms with van der Waals surface area (Å²) in [6.07, 6.45) is 3.18. The van der Waals surface area contributed by atoms with E-state index in [4.69, 9.17) is 9.47 Å². The Labute approximate surface area is 219 Å². The van der Waals surface area contributed by atoms with Crippen molar-refractivity contribution in [1.82, 2.24) is 9.80 Å². The van der Waals surface area contributed by atoms with Crippen molar-refractivity contribution in [2.75, 3.05) is 32.8 Å². The Morgan fingerprint density at radius 1 is 1.19 bits per heavy atom. The van der Waals surface area contributed by atoms with Crippen LogP contribution in [0.2, 0.25) is 0 Å². The maximum Gasteiger partial charge on any atom is 0.295 e. The van der Waals surface area contributed by atoms with Crippen LogP contribution in [-0.2, 0) is 16.0 Å². The van der Waals surface area contributed by atoms with E-state index in [2.05, 4.69) is 25.3 Å². The Morgan fingerprint density at radius 3 is 2.59 bits per heavy atom. The Balaban J connectivity index is 1.71. The molecule has 1 fully saturated rings. The number of nitrogens with zero attached hydrogens (tertiary/aromatic N) is 2. The number of aliphatic hydroxyl groups is 1. The molecule has 1 saturated heterocycles. The van der Waals surface area contributed by atoms with E-state index >= 15 is 0 Å². The SMILES string of the molecule is C=CCOc1ccc([C@H]2C(=C(O)c3ccc4c(c3)C[C@@H](C)O4)C(=O)C(=O)N2CCCN(CC)CC)cc1. The van der Waals surface area contributed by atoms with Gasteiger partial charge in [-0.05, 0) is 74.4 Å². The fourth-order valence-corrected chi connectivity index (χ4v) is 5.09. The van der Waals surface area contributed by atoms with Crippen LogP contribution < -0.4 is 9.47 Å². The molecule has 2 heterocycles. The normalized spacial score (nSPS) is 20.3. The lowest BCUT2D eigenvalue weighted by atomic mass is 9.94. The molecule has 2 aromatic rings. The summed E-state index contributed by atoms with van der Waals surface area (Å²) in [7, 11) is 0. The summed E-state index contributed by atoms with van der Waals surface area (Å²) in [6.45, 7) is 13.3. The zero-order valence-corrected chi connectivity index (χ0v) is 21.9. The largest absolute Gasteiger partial charge is 0.507 e. The second-order valence-corrected chi connectivity index (χ2v) is 9.50. The summed E-state index contributed by atoms with van der Waals surface area (Å²) >= 11 is 0. The molecular weight excluding hydrogens is 468 g/mol. The maximum absolute atomic E-state index is 13.3. The predicted octanol–water partition coefficient (Wildman–Crippen LogP) is 4.73. The van der Waals surface area contributed by atoms with Crippen LogP contribution in [0.1, 0.15) is 49.9 Å². The minimum absolute atomic E-state index is 0.0607. The van der Waals surface area contributed by atoms with Crippen molar-refractivity contribution < 1.29 is 24.2 Å². The number of hydrogen-bond acceptors (Lipinski definition) is 6. The van der Waals surface area contributed by atoms with E-state index in [1.807, 2.05) is 43.3 Å².